The predicted molar refractivity (Wildman–Crippen MR) is 277 cm³/mol. The van der Waals surface area contributed by atoms with Gasteiger partial charge in [0.2, 0.25) is 29.5 Å². The van der Waals surface area contributed by atoms with E-state index in [1.54, 1.807) is 11.1 Å². The smallest absolute Gasteiger partial charge is 0.325 e. The maximum Gasteiger partial charge on any atom is 0.325 e. The number of esters is 1. The Labute approximate surface area is 430 Å². The normalized spacial score (nSPS) is 31.1. The van der Waals surface area contributed by atoms with E-state index < -0.39 is 59.7 Å². The van der Waals surface area contributed by atoms with Gasteiger partial charge in [0, 0.05) is 44.8 Å². The molecule has 2 saturated heterocycles. The second-order valence-corrected chi connectivity index (χ2v) is 24.4. The van der Waals surface area contributed by atoms with Gasteiger partial charge in [0.1, 0.15) is 36.8 Å². The summed E-state index contributed by atoms with van der Waals surface area (Å²) < 4.78 is 6.07. The number of hydrogen-bond donors (Lipinski definition) is 4. The van der Waals surface area contributed by atoms with E-state index in [9.17, 15) is 33.6 Å². The average molecular weight is 1000 g/mol. The molecule has 5 N–H and O–H groups in total. The van der Waals surface area contributed by atoms with Crippen molar-refractivity contribution in [1.29, 1.82) is 0 Å². The van der Waals surface area contributed by atoms with Crippen LogP contribution in [0.25, 0.3) is 0 Å². The van der Waals surface area contributed by atoms with Gasteiger partial charge in [-0.05, 0) is 148 Å². The van der Waals surface area contributed by atoms with Crippen LogP contribution in [0.5, 0.6) is 0 Å². The third-order valence-electron chi connectivity index (χ3n) is 18.6. The quantitative estimate of drug-likeness (QED) is 0.0729. The molecule has 7 rings (SSSR count). The van der Waals surface area contributed by atoms with Crippen molar-refractivity contribution in [2.75, 3.05) is 26.7 Å². The standard InChI is InChI=1S/C57H89N7O8/c1-35(2)13-9-14-37(5)42-20-21-43-41-19-18-39-32-40(24-26-56(39,6)44(41)25-27-57(42,43)7)72-50(66)33-59-52(68)47-16-11-30-64(47)55(71)46(31-36(3)4)61-51(67)45(22-23-49(58)65)60-53(69)48-17-12-29-63(48)54(70)38-15-10-28-62(8)34-38/h10,18,28,34-37,40-48H,9,11-17,19-27,29-33H2,1-8H3,(H2,58,65)(H,59,68)(H,60,69)(H,61,67)/t37-,40?,41+,42-,43+,44+,45+,46+,47+,48+,56+,57-/m1/s1. The number of fused-ring (bicyclic) bond motifs is 5. The average Bonchev–Trinajstić information content (AvgIpc) is 4.11. The van der Waals surface area contributed by atoms with Gasteiger partial charge in [0.25, 0.3) is 5.91 Å². The minimum absolute atomic E-state index is 0.0383. The van der Waals surface area contributed by atoms with Gasteiger partial charge in [-0.2, -0.15) is 0 Å². The lowest BCUT2D eigenvalue weighted by Crippen LogP contribution is -2.58. The minimum atomic E-state index is -1.22. The summed E-state index contributed by atoms with van der Waals surface area (Å²) in [5.41, 5.74) is 8.02. The van der Waals surface area contributed by atoms with Gasteiger partial charge in [-0.25, -0.2) is 0 Å². The van der Waals surface area contributed by atoms with Crippen molar-refractivity contribution in [2.45, 2.75) is 201 Å². The summed E-state index contributed by atoms with van der Waals surface area (Å²) in [7, 11) is 1.82. The van der Waals surface area contributed by atoms with Gasteiger partial charge < -0.3 is 41.1 Å². The van der Waals surface area contributed by atoms with Crippen LogP contribution in [0.15, 0.2) is 35.7 Å². The molecule has 400 valence electrons. The van der Waals surface area contributed by atoms with E-state index in [-0.39, 0.29) is 55.7 Å². The maximum atomic E-state index is 14.4. The van der Waals surface area contributed by atoms with Crippen LogP contribution in [-0.4, -0.2) is 113 Å². The van der Waals surface area contributed by atoms with E-state index in [1.165, 1.54) is 60.3 Å². The molecular formula is C57H89N7O8. The number of primary amides is 1. The second-order valence-electron chi connectivity index (χ2n) is 24.4. The summed E-state index contributed by atoms with van der Waals surface area (Å²) in [5, 5.41) is 8.38. The Balaban J connectivity index is 0.915. The number of nitrogens with two attached hydrogens (primary N) is 1. The largest absolute Gasteiger partial charge is 0.461 e. The minimum Gasteiger partial charge on any atom is -0.461 e. The van der Waals surface area contributed by atoms with Crippen molar-refractivity contribution in [2.24, 2.45) is 58.0 Å². The van der Waals surface area contributed by atoms with Gasteiger partial charge >= 0.3 is 5.97 Å². The fourth-order valence-corrected chi connectivity index (χ4v) is 14.8. The zero-order valence-electron chi connectivity index (χ0n) is 45.0. The number of nitrogens with zero attached hydrogens (tertiary/aromatic N) is 3. The highest BCUT2D eigenvalue weighted by Gasteiger charge is 2.59. The number of amides is 6. The predicted octanol–water partition coefficient (Wildman–Crippen LogP) is 7.05. The van der Waals surface area contributed by atoms with Crippen molar-refractivity contribution in [3.8, 4) is 0 Å². The second kappa shape index (κ2) is 23.7. The van der Waals surface area contributed by atoms with Gasteiger partial charge in [0.05, 0.1) is 0 Å². The molecule has 0 radical (unpaired) electrons. The van der Waals surface area contributed by atoms with Gasteiger partial charge in [-0.3, -0.25) is 33.6 Å². The molecule has 3 heterocycles. The molecule has 3 saturated carbocycles. The topological polar surface area (TPSA) is 201 Å². The van der Waals surface area contributed by atoms with Gasteiger partial charge in [-0.1, -0.05) is 85.5 Å². The molecule has 0 aromatic heterocycles. The third-order valence-corrected chi connectivity index (χ3v) is 18.6. The molecule has 6 amide bonds. The molecule has 15 heteroatoms. The van der Waals surface area contributed by atoms with E-state index in [2.05, 4.69) is 56.6 Å². The van der Waals surface area contributed by atoms with Crippen molar-refractivity contribution in [1.82, 2.24) is 30.7 Å². The summed E-state index contributed by atoms with van der Waals surface area (Å²) in [5.74, 6) is 0.977. The van der Waals surface area contributed by atoms with Crippen molar-refractivity contribution >= 4 is 41.4 Å². The van der Waals surface area contributed by atoms with Crippen molar-refractivity contribution in [3.05, 3.63) is 35.7 Å². The summed E-state index contributed by atoms with van der Waals surface area (Å²) in [6, 6.07) is -3.93. The maximum absolute atomic E-state index is 14.4. The first-order chi connectivity index (χ1) is 34.2. The zero-order valence-corrected chi connectivity index (χ0v) is 45.0. The number of carbonyl (C=O) groups excluding carboxylic acids is 7. The van der Waals surface area contributed by atoms with Crippen LogP contribution in [0, 0.1) is 52.3 Å². The molecule has 0 bridgehead atoms. The molecule has 72 heavy (non-hydrogen) atoms. The first-order valence-corrected chi connectivity index (χ1v) is 28.0. The Morgan fingerprint density at radius 2 is 1.53 bits per heavy atom. The Morgan fingerprint density at radius 1 is 0.806 bits per heavy atom. The molecule has 4 aliphatic carbocycles. The van der Waals surface area contributed by atoms with Crippen LogP contribution in [0.2, 0.25) is 0 Å². The summed E-state index contributed by atoms with van der Waals surface area (Å²) >= 11 is 0. The molecule has 3 aliphatic heterocycles. The van der Waals surface area contributed by atoms with E-state index in [0.717, 1.165) is 49.4 Å². The number of nitrogens with one attached hydrogen (secondary N) is 3. The van der Waals surface area contributed by atoms with Crippen molar-refractivity contribution < 1.29 is 38.3 Å². The van der Waals surface area contributed by atoms with E-state index in [1.807, 2.05) is 33.2 Å². The molecular weight excluding hydrogens is 911 g/mol. The number of rotatable bonds is 20. The zero-order chi connectivity index (χ0) is 52.1. The van der Waals surface area contributed by atoms with E-state index in [4.69, 9.17) is 10.5 Å². The summed E-state index contributed by atoms with van der Waals surface area (Å²) in [4.78, 5) is 99.6. The Bertz CT molecular complexity index is 2120. The van der Waals surface area contributed by atoms with Gasteiger partial charge in [0.15, 0.2) is 0 Å². The molecule has 15 nitrogen and oxygen atoms in total. The molecule has 0 aromatic rings. The molecule has 5 fully saturated rings. The lowest BCUT2D eigenvalue weighted by Gasteiger charge is -2.58. The van der Waals surface area contributed by atoms with Crippen LogP contribution in [-0.2, 0) is 38.3 Å². The van der Waals surface area contributed by atoms with Crippen LogP contribution >= 0.6 is 0 Å². The number of carbonyl (C=O) groups is 7. The first-order valence-electron chi connectivity index (χ1n) is 28.0. The first kappa shape index (κ1) is 55.1. The van der Waals surface area contributed by atoms with Crippen LogP contribution < -0.4 is 21.7 Å². The van der Waals surface area contributed by atoms with E-state index >= 15 is 0 Å². The van der Waals surface area contributed by atoms with Crippen LogP contribution in [0.4, 0.5) is 0 Å². The van der Waals surface area contributed by atoms with Crippen LogP contribution in [0.3, 0.4) is 0 Å². The van der Waals surface area contributed by atoms with E-state index in [0.29, 0.717) is 61.5 Å². The lowest BCUT2D eigenvalue weighted by molar-refractivity contribution is -0.152. The highest BCUT2D eigenvalue weighted by Crippen LogP contribution is 2.67. The molecule has 0 aromatic carbocycles. The highest BCUT2D eigenvalue weighted by atomic mass is 16.5. The SMILES string of the molecule is CC(C)CCC[C@@H](C)[C@H]1CC[C@H]2[C@@H]3CC=C4CC(OC(=O)CNC(=O)[C@@H]5CCCN5C(=O)[C@H](CC(C)C)NC(=O)[C@H](CCC(N)=O)NC(=O)[C@@H]5CCCN5C(=O)C5=CN(C)C=CC5)CC[C@]4(C)[C@H]3CC[C@]12C. The Hall–Kier alpha value is -4.69. The highest BCUT2D eigenvalue weighted by molar-refractivity contribution is 5.99. The Morgan fingerprint density at radius 3 is 2.22 bits per heavy atom. The fourth-order valence-electron chi connectivity index (χ4n) is 14.8. The number of hydrogen-bond acceptors (Lipinski definition) is 9. The number of allylic oxidation sites excluding steroid dienone is 2. The monoisotopic (exact) mass is 1000 g/mol. The molecule has 7 aliphatic rings. The summed E-state index contributed by atoms with van der Waals surface area (Å²) in [6.45, 7) is 16.5. The van der Waals surface area contributed by atoms with Gasteiger partial charge in [-0.15, -0.1) is 0 Å². The number of ether oxygens (including phenoxy) is 1. The summed E-state index contributed by atoms with van der Waals surface area (Å²) in [6.07, 6.45) is 23.0. The Kier molecular flexibility index (Phi) is 18.1. The van der Waals surface area contributed by atoms with Crippen molar-refractivity contribution in [3.63, 3.8) is 0 Å². The molecule has 0 spiro atoms. The molecule has 1 unspecified atom stereocenters. The number of likely N-dealkylation sites (tertiary alicyclic amines) is 2. The fraction of sp³-hybridized carbons (Fsp3) is 0.772. The van der Waals surface area contributed by atoms with Crippen LogP contribution in [0.1, 0.15) is 170 Å². The molecule has 12 atom stereocenters. The lowest BCUT2D eigenvalue weighted by atomic mass is 9.47. The third kappa shape index (κ3) is 12.4.